The maximum Gasteiger partial charge on any atom is 0.0552 e. The third kappa shape index (κ3) is 4.03. The van der Waals surface area contributed by atoms with Crippen LogP contribution in [0.4, 0.5) is 5.69 Å². The van der Waals surface area contributed by atoms with Crippen LogP contribution in [0.25, 0.3) is 0 Å². The average Bonchev–Trinajstić information content (AvgIpc) is 2.42. The molecule has 0 saturated carbocycles. The zero-order valence-electron chi connectivity index (χ0n) is 11.7. The van der Waals surface area contributed by atoms with E-state index in [4.69, 9.17) is 0 Å². The quantitative estimate of drug-likeness (QED) is 0.761. The zero-order valence-corrected chi connectivity index (χ0v) is 11.7. The fourth-order valence-corrected chi connectivity index (χ4v) is 2.08. The lowest BCUT2D eigenvalue weighted by molar-refractivity contribution is 0.577. The first-order valence-electron chi connectivity index (χ1n) is 6.98. The van der Waals surface area contributed by atoms with Crippen LogP contribution >= 0.6 is 0 Å². The highest BCUT2D eigenvalue weighted by Crippen LogP contribution is 2.20. The minimum Gasteiger partial charge on any atom is -0.370 e. The molecule has 2 nitrogen and oxygen atoms in total. The van der Waals surface area contributed by atoms with Gasteiger partial charge in [-0.05, 0) is 37.3 Å². The largest absolute Gasteiger partial charge is 0.370 e. The lowest BCUT2D eigenvalue weighted by Crippen LogP contribution is -2.29. The van der Waals surface area contributed by atoms with Crippen molar-refractivity contribution in [1.82, 2.24) is 4.98 Å². The molecule has 1 fully saturated rings. The van der Waals surface area contributed by atoms with Crippen molar-refractivity contribution in [2.75, 3.05) is 18.0 Å². The van der Waals surface area contributed by atoms with Crippen LogP contribution in [-0.2, 0) is 0 Å². The summed E-state index contributed by atoms with van der Waals surface area (Å²) in [6.45, 7) is 10.8. The predicted octanol–water partition coefficient (Wildman–Crippen LogP) is 4.22. The van der Waals surface area contributed by atoms with E-state index in [2.05, 4.69) is 35.9 Å². The van der Waals surface area contributed by atoms with Crippen molar-refractivity contribution in [3.05, 3.63) is 24.0 Å². The zero-order chi connectivity index (χ0) is 12.7. The van der Waals surface area contributed by atoms with Crippen LogP contribution in [0.2, 0.25) is 0 Å². The van der Waals surface area contributed by atoms with Gasteiger partial charge in [0.1, 0.15) is 0 Å². The summed E-state index contributed by atoms with van der Waals surface area (Å²) in [6.07, 6.45) is 6.06. The molecule has 1 aliphatic rings. The van der Waals surface area contributed by atoms with Crippen LogP contribution in [0.15, 0.2) is 18.3 Å². The van der Waals surface area contributed by atoms with Crippen LogP contribution in [0, 0.1) is 0 Å². The fraction of sp³-hybridized carbons (Fsp3) is 0.667. The number of anilines is 1. The van der Waals surface area contributed by atoms with Crippen molar-refractivity contribution in [3.8, 4) is 0 Å². The van der Waals surface area contributed by atoms with Crippen LogP contribution in [-0.4, -0.2) is 18.1 Å². The highest BCUT2D eigenvalue weighted by atomic mass is 15.1. The van der Waals surface area contributed by atoms with E-state index in [1.807, 2.05) is 20.0 Å². The highest BCUT2D eigenvalue weighted by molar-refractivity contribution is 5.45. The Kier molecular flexibility index (Phi) is 6.03. The van der Waals surface area contributed by atoms with E-state index in [-0.39, 0.29) is 0 Å². The van der Waals surface area contributed by atoms with E-state index >= 15 is 0 Å². The molecule has 1 saturated heterocycles. The van der Waals surface area contributed by atoms with Crippen LogP contribution < -0.4 is 4.90 Å². The Balaban J connectivity index is 0.000000686. The second kappa shape index (κ2) is 7.31. The Bertz CT molecular complexity index is 297. The van der Waals surface area contributed by atoms with Gasteiger partial charge in [0.05, 0.1) is 11.9 Å². The molecule has 2 heterocycles. The summed E-state index contributed by atoms with van der Waals surface area (Å²) in [5, 5.41) is 0. The molecule has 96 valence electrons. The number of pyridine rings is 1. The van der Waals surface area contributed by atoms with Gasteiger partial charge in [-0.15, -0.1) is 0 Å². The molecular weight excluding hydrogens is 208 g/mol. The van der Waals surface area contributed by atoms with Gasteiger partial charge in [0.15, 0.2) is 0 Å². The topological polar surface area (TPSA) is 16.1 Å². The minimum absolute atomic E-state index is 0.528. The van der Waals surface area contributed by atoms with Gasteiger partial charge in [0.25, 0.3) is 0 Å². The molecule has 0 atom stereocenters. The molecule has 0 radical (unpaired) electrons. The first-order valence-corrected chi connectivity index (χ1v) is 6.98. The normalized spacial score (nSPS) is 15.5. The van der Waals surface area contributed by atoms with E-state index in [1.165, 1.54) is 43.7 Å². The third-order valence-corrected chi connectivity index (χ3v) is 3.08. The Morgan fingerprint density at radius 3 is 2.18 bits per heavy atom. The number of hydrogen-bond donors (Lipinski definition) is 0. The van der Waals surface area contributed by atoms with Crippen molar-refractivity contribution in [2.45, 2.75) is 52.9 Å². The molecule has 1 aromatic heterocycles. The first-order chi connectivity index (χ1) is 8.27. The van der Waals surface area contributed by atoms with Crippen molar-refractivity contribution in [1.29, 1.82) is 0 Å². The van der Waals surface area contributed by atoms with Crippen molar-refractivity contribution in [2.24, 2.45) is 0 Å². The predicted molar refractivity (Wildman–Crippen MR) is 75.7 cm³/mol. The molecule has 2 rings (SSSR count). The monoisotopic (exact) mass is 234 g/mol. The second-order valence-corrected chi connectivity index (χ2v) is 4.64. The number of rotatable bonds is 2. The van der Waals surface area contributed by atoms with E-state index in [1.54, 1.807) is 0 Å². The summed E-state index contributed by atoms with van der Waals surface area (Å²) in [4.78, 5) is 6.96. The van der Waals surface area contributed by atoms with E-state index in [9.17, 15) is 0 Å². The fourth-order valence-electron chi connectivity index (χ4n) is 2.08. The first kappa shape index (κ1) is 14.0. The van der Waals surface area contributed by atoms with Gasteiger partial charge in [0.2, 0.25) is 0 Å². The molecule has 0 amide bonds. The van der Waals surface area contributed by atoms with E-state index < -0.39 is 0 Å². The second-order valence-electron chi connectivity index (χ2n) is 4.64. The SMILES string of the molecule is CC.CC(C)c1ccc(N2CCCCC2)cn1. The highest BCUT2D eigenvalue weighted by Gasteiger charge is 2.11. The smallest absolute Gasteiger partial charge is 0.0552 e. The molecule has 1 aromatic rings. The number of piperidine rings is 1. The number of aromatic nitrogens is 1. The molecule has 0 aliphatic carbocycles. The van der Waals surface area contributed by atoms with Gasteiger partial charge in [-0.3, -0.25) is 4.98 Å². The van der Waals surface area contributed by atoms with E-state index in [0.717, 1.165) is 0 Å². The van der Waals surface area contributed by atoms with Crippen molar-refractivity contribution in [3.63, 3.8) is 0 Å². The summed E-state index contributed by atoms with van der Waals surface area (Å²) in [7, 11) is 0. The van der Waals surface area contributed by atoms with Gasteiger partial charge in [-0.1, -0.05) is 27.7 Å². The summed E-state index contributed by atoms with van der Waals surface area (Å²) in [5.74, 6) is 0.528. The maximum absolute atomic E-state index is 4.51. The molecular formula is C15H26N2. The van der Waals surface area contributed by atoms with Gasteiger partial charge in [0, 0.05) is 18.8 Å². The molecule has 2 heteroatoms. The molecule has 0 spiro atoms. The Labute approximate surface area is 106 Å². The van der Waals surface area contributed by atoms with E-state index in [0.29, 0.717) is 5.92 Å². The number of hydrogen-bond acceptors (Lipinski definition) is 2. The lowest BCUT2D eigenvalue weighted by Gasteiger charge is -2.28. The van der Waals surface area contributed by atoms with Gasteiger partial charge >= 0.3 is 0 Å². The van der Waals surface area contributed by atoms with Gasteiger partial charge < -0.3 is 4.90 Å². The number of nitrogens with zero attached hydrogens (tertiary/aromatic N) is 2. The van der Waals surface area contributed by atoms with Crippen LogP contribution in [0.3, 0.4) is 0 Å². The van der Waals surface area contributed by atoms with Crippen molar-refractivity contribution >= 4 is 5.69 Å². The summed E-state index contributed by atoms with van der Waals surface area (Å²) in [6, 6.07) is 4.38. The molecule has 17 heavy (non-hydrogen) atoms. The summed E-state index contributed by atoms with van der Waals surface area (Å²) >= 11 is 0. The lowest BCUT2D eigenvalue weighted by atomic mass is 10.1. The van der Waals surface area contributed by atoms with Crippen LogP contribution in [0.1, 0.15) is 58.6 Å². The molecule has 1 aliphatic heterocycles. The molecule has 0 N–H and O–H groups in total. The maximum atomic E-state index is 4.51. The Morgan fingerprint density at radius 2 is 1.71 bits per heavy atom. The van der Waals surface area contributed by atoms with Crippen molar-refractivity contribution < 1.29 is 0 Å². The molecule has 0 aromatic carbocycles. The van der Waals surface area contributed by atoms with Crippen LogP contribution in [0.5, 0.6) is 0 Å². The molecule has 0 unspecified atom stereocenters. The summed E-state index contributed by atoms with van der Waals surface area (Å²) in [5.41, 5.74) is 2.48. The van der Waals surface area contributed by atoms with Gasteiger partial charge in [-0.2, -0.15) is 0 Å². The minimum atomic E-state index is 0.528. The Morgan fingerprint density at radius 1 is 1.06 bits per heavy atom. The average molecular weight is 234 g/mol. The summed E-state index contributed by atoms with van der Waals surface area (Å²) < 4.78 is 0. The third-order valence-electron chi connectivity index (χ3n) is 3.08. The standard InChI is InChI=1S/C13H20N2.C2H6/c1-11(2)13-7-6-12(10-14-13)15-8-4-3-5-9-15;1-2/h6-7,10-11H,3-5,8-9H2,1-2H3;1-2H3. The molecule has 0 bridgehead atoms. The van der Waals surface area contributed by atoms with Gasteiger partial charge in [-0.25, -0.2) is 0 Å². The Hall–Kier alpha value is -1.05.